The molecule has 2 aliphatic rings. The molecule has 2 aliphatic heterocycles. The molecule has 1 atom stereocenters. The Labute approximate surface area is 177 Å². The van der Waals surface area contributed by atoms with Crippen LogP contribution < -0.4 is 14.4 Å². The number of rotatable bonds is 5. The van der Waals surface area contributed by atoms with Crippen molar-refractivity contribution in [2.45, 2.75) is 25.4 Å². The first-order valence-electron chi connectivity index (χ1n) is 10.1. The van der Waals surface area contributed by atoms with E-state index in [4.69, 9.17) is 21.1 Å². The van der Waals surface area contributed by atoms with Crippen molar-refractivity contribution in [2.75, 3.05) is 38.7 Å². The molecule has 0 aromatic heterocycles. The van der Waals surface area contributed by atoms with Crippen molar-refractivity contribution in [2.24, 2.45) is 5.92 Å². The maximum atomic E-state index is 12.7. The van der Waals surface area contributed by atoms with Crippen LogP contribution in [0.1, 0.15) is 18.4 Å². The zero-order valence-electron chi connectivity index (χ0n) is 16.9. The molecule has 5 nitrogen and oxygen atoms in total. The Kier molecular flexibility index (Phi) is 5.97. The van der Waals surface area contributed by atoms with Crippen LogP contribution >= 0.6 is 11.6 Å². The normalized spacial score (nSPS) is 20.3. The van der Waals surface area contributed by atoms with Crippen LogP contribution in [0.3, 0.4) is 0 Å². The van der Waals surface area contributed by atoms with Gasteiger partial charge in [0.25, 0.3) is 5.91 Å². The highest BCUT2D eigenvalue weighted by Crippen LogP contribution is 2.33. The summed E-state index contributed by atoms with van der Waals surface area (Å²) in [5.74, 6) is 2.23. The average Bonchev–Trinajstić information content (AvgIpc) is 2.75. The molecule has 1 unspecified atom stereocenters. The second kappa shape index (κ2) is 8.64. The number of fused-ring (bicyclic) bond motifs is 1. The summed E-state index contributed by atoms with van der Waals surface area (Å²) in [6, 6.07) is 13.5. The van der Waals surface area contributed by atoms with Gasteiger partial charge in [-0.25, -0.2) is 0 Å². The van der Waals surface area contributed by atoms with Gasteiger partial charge in [-0.2, -0.15) is 0 Å². The number of methoxy groups -OCH3 is 1. The number of likely N-dealkylation sites (tertiary alicyclic amines) is 1. The SMILES string of the molecule is COc1ccc(Cl)c(CC2CCN(CC3Oc4ccccc4N(C)C3=O)CC2)c1. The number of likely N-dealkylation sites (N-methyl/N-ethyl adjacent to an activating group) is 1. The van der Waals surface area contributed by atoms with E-state index in [0.717, 1.165) is 60.1 Å². The number of anilines is 1. The molecule has 1 amide bonds. The first kappa shape index (κ1) is 20.0. The highest BCUT2D eigenvalue weighted by molar-refractivity contribution is 6.31. The number of benzene rings is 2. The lowest BCUT2D eigenvalue weighted by Crippen LogP contribution is -2.51. The van der Waals surface area contributed by atoms with Gasteiger partial charge in [-0.1, -0.05) is 23.7 Å². The predicted octanol–water partition coefficient (Wildman–Crippen LogP) is 4.03. The molecule has 0 radical (unpaired) electrons. The molecule has 1 saturated heterocycles. The molecule has 0 bridgehead atoms. The lowest BCUT2D eigenvalue weighted by Gasteiger charge is -2.37. The summed E-state index contributed by atoms with van der Waals surface area (Å²) in [6.45, 7) is 2.56. The summed E-state index contributed by atoms with van der Waals surface area (Å²) >= 11 is 6.38. The van der Waals surface area contributed by atoms with Crippen molar-refractivity contribution in [1.82, 2.24) is 4.90 Å². The van der Waals surface area contributed by atoms with Crippen molar-refractivity contribution < 1.29 is 14.3 Å². The molecule has 0 N–H and O–H groups in total. The van der Waals surface area contributed by atoms with Crippen LogP contribution in [-0.4, -0.2) is 50.7 Å². The third kappa shape index (κ3) is 4.36. The summed E-state index contributed by atoms with van der Waals surface area (Å²) < 4.78 is 11.3. The number of hydrogen-bond donors (Lipinski definition) is 0. The molecule has 0 aliphatic carbocycles. The van der Waals surface area contributed by atoms with Crippen molar-refractivity contribution in [1.29, 1.82) is 0 Å². The largest absolute Gasteiger partial charge is 0.497 e. The molecule has 4 rings (SSSR count). The number of ether oxygens (including phenoxy) is 2. The minimum atomic E-state index is -0.445. The number of para-hydroxylation sites is 2. The van der Waals surface area contributed by atoms with Gasteiger partial charge in [-0.05, 0) is 74.2 Å². The summed E-state index contributed by atoms with van der Waals surface area (Å²) in [5.41, 5.74) is 1.98. The van der Waals surface area contributed by atoms with E-state index in [0.29, 0.717) is 12.5 Å². The maximum Gasteiger partial charge on any atom is 0.269 e. The van der Waals surface area contributed by atoms with Gasteiger partial charge in [0.1, 0.15) is 11.5 Å². The number of piperidine rings is 1. The van der Waals surface area contributed by atoms with E-state index in [-0.39, 0.29) is 5.91 Å². The zero-order chi connectivity index (χ0) is 20.4. The smallest absolute Gasteiger partial charge is 0.269 e. The molecule has 2 aromatic rings. The lowest BCUT2D eigenvalue weighted by atomic mass is 9.90. The molecule has 1 fully saturated rings. The number of hydrogen-bond acceptors (Lipinski definition) is 4. The number of nitrogens with zero attached hydrogens (tertiary/aromatic N) is 2. The van der Waals surface area contributed by atoms with E-state index in [2.05, 4.69) is 4.90 Å². The number of carbonyl (C=O) groups excluding carboxylic acids is 1. The Morgan fingerprint density at radius 2 is 1.93 bits per heavy atom. The van der Waals surface area contributed by atoms with Crippen LogP contribution in [0.2, 0.25) is 5.02 Å². The first-order valence-corrected chi connectivity index (χ1v) is 10.5. The number of amides is 1. The van der Waals surface area contributed by atoms with Crippen LogP contribution in [0.5, 0.6) is 11.5 Å². The van der Waals surface area contributed by atoms with Crippen molar-refractivity contribution in [3.63, 3.8) is 0 Å². The highest BCUT2D eigenvalue weighted by atomic mass is 35.5. The molecular weight excluding hydrogens is 388 g/mol. The van der Waals surface area contributed by atoms with E-state index in [1.165, 1.54) is 0 Å². The fourth-order valence-corrected chi connectivity index (χ4v) is 4.44. The Balaban J connectivity index is 1.33. The van der Waals surface area contributed by atoms with Gasteiger partial charge < -0.3 is 14.4 Å². The minimum absolute atomic E-state index is 0.0222. The van der Waals surface area contributed by atoms with Gasteiger partial charge in [0.05, 0.1) is 12.8 Å². The van der Waals surface area contributed by atoms with E-state index in [1.54, 1.807) is 12.0 Å². The van der Waals surface area contributed by atoms with Gasteiger partial charge in [0.15, 0.2) is 6.10 Å². The average molecular weight is 415 g/mol. The molecule has 2 heterocycles. The fraction of sp³-hybridized carbons (Fsp3) is 0.435. The summed E-state index contributed by atoms with van der Waals surface area (Å²) in [4.78, 5) is 16.8. The molecule has 2 aromatic carbocycles. The second-order valence-corrected chi connectivity index (χ2v) is 8.28. The van der Waals surface area contributed by atoms with Crippen molar-refractivity contribution in [3.05, 3.63) is 53.1 Å². The zero-order valence-corrected chi connectivity index (χ0v) is 17.7. The second-order valence-electron chi connectivity index (χ2n) is 7.88. The van der Waals surface area contributed by atoms with Crippen LogP contribution in [0, 0.1) is 5.92 Å². The molecule has 0 saturated carbocycles. The third-order valence-electron chi connectivity index (χ3n) is 5.99. The van der Waals surface area contributed by atoms with Gasteiger partial charge in [0, 0.05) is 18.6 Å². The minimum Gasteiger partial charge on any atom is -0.497 e. The lowest BCUT2D eigenvalue weighted by molar-refractivity contribution is -0.127. The van der Waals surface area contributed by atoms with Gasteiger partial charge in [0.2, 0.25) is 0 Å². The van der Waals surface area contributed by atoms with Gasteiger partial charge >= 0.3 is 0 Å². The van der Waals surface area contributed by atoms with Crippen LogP contribution in [0.4, 0.5) is 5.69 Å². The van der Waals surface area contributed by atoms with Crippen molar-refractivity contribution >= 4 is 23.2 Å². The van der Waals surface area contributed by atoms with E-state index < -0.39 is 6.10 Å². The predicted molar refractivity (Wildman–Crippen MR) is 115 cm³/mol. The number of halogens is 1. The van der Waals surface area contributed by atoms with E-state index in [9.17, 15) is 4.79 Å². The Morgan fingerprint density at radius 3 is 2.69 bits per heavy atom. The van der Waals surface area contributed by atoms with E-state index in [1.807, 2.05) is 49.5 Å². The van der Waals surface area contributed by atoms with Crippen LogP contribution in [0.15, 0.2) is 42.5 Å². The summed E-state index contributed by atoms with van der Waals surface area (Å²) in [7, 11) is 3.50. The molecule has 0 spiro atoms. The first-order chi connectivity index (χ1) is 14.0. The monoisotopic (exact) mass is 414 g/mol. The topological polar surface area (TPSA) is 42.0 Å². The molecular formula is C23H27ClN2O3. The maximum absolute atomic E-state index is 12.7. The summed E-state index contributed by atoms with van der Waals surface area (Å²) in [5, 5.41) is 0.802. The third-order valence-corrected chi connectivity index (χ3v) is 6.36. The molecule has 154 valence electrons. The van der Waals surface area contributed by atoms with Crippen LogP contribution in [-0.2, 0) is 11.2 Å². The fourth-order valence-electron chi connectivity index (χ4n) is 4.24. The number of carbonyl (C=O) groups is 1. The quantitative estimate of drug-likeness (QED) is 0.740. The molecule has 6 heteroatoms. The molecule has 29 heavy (non-hydrogen) atoms. The Bertz CT molecular complexity index is 880. The Hall–Kier alpha value is -2.24. The van der Waals surface area contributed by atoms with E-state index >= 15 is 0 Å². The summed E-state index contributed by atoms with van der Waals surface area (Å²) in [6.07, 6.45) is 2.68. The van der Waals surface area contributed by atoms with Crippen LogP contribution in [0.25, 0.3) is 0 Å². The highest BCUT2D eigenvalue weighted by Gasteiger charge is 2.34. The van der Waals surface area contributed by atoms with Gasteiger partial charge in [-0.3, -0.25) is 9.69 Å². The Morgan fingerprint density at radius 1 is 1.17 bits per heavy atom. The van der Waals surface area contributed by atoms with Crippen molar-refractivity contribution in [3.8, 4) is 11.5 Å². The van der Waals surface area contributed by atoms with Gasteiger partial charge in [-0.15, -0.1) is 0 Å². The standard InChI is InChI=1S/C23H27ClN2O3/c1-25-20-5-3-4-6-21(20)29-22(23(25)27)15-26-11-9-16(10-12-26)13-17-14-18(28-2)7-8-19(17)24/h3-8,14,16,22H,9-13,15H2,1-2H3.